The SMILES string of the molecule is Cc1[nH]c(=O)sc1S(=O)(=O)NCC(=O)O. The van der Waals surface area contributed by atoms with Crippen molar-refractivity contribution in [2.75, 3.05) is 6.54 Å². The fraction of sp³-hybridized carbons (Fsp3) is 0.333. The minimum Gasteiger partial charge on any atom is -0.480 e. The lowest BCUT2D eigenvalue weighted by Gasteiger charge is -2.01. The second kappa shape index (κ2) is 4.13. The summed E-state index contributed by atoms with van der Waals surface area (Å²) in [6.07, 6.45) is 0. The lowest BCUT2D eigenvalue weighted by Crippen LogP contribution is -2.29. The minimum absolute atomic E-state index is 0.186. The summed E-state index contributed by atoms with van der Waals surface area (Å²) in [5.74, 6) is -1.29. The van der Waals surface area contributed by atoms with Gasteiger partial charge in [-0.05, 0) is 6.92 Å². The lowest BCUT2D eigenvalue weighted by molar-refractivity contribution is -0.135. The molecule has 0 saturated carbocycles. The van der Waals surface area contributed by atoms with E-state index in [0.29, 0.717) is 11.3 Å². The maximum atomic E-state index is 11.4. The predicted molar refractivity (Wildman–Crippen MR) is 52.5 cm³/mol. The van der Waals surface area contributed by atoms with E-state index in [1.807, 2.05) is 4.72 Å². The Morgan fingerprint density at radius 3 is 2.60 bits per heavy atom. The molecule has 0 spiro atoms. The molecule has 9 heteroatoms. The van der Waals surface area contributed by atoms with Crippen molar-refractivity contribution >= 4 is 27.3 Å². The van der Waals surface area contributed by atoms with Crippen LogP contribution in [0.5, 0.6) is 0 Å². The summed E-state index contributed by atoms with van der Waals surface area (Å²) in [4.78, 5) is 22.8. The molecule has 0 aliphatic rings. The Morgan fingerprint density at radius 2 is 2.20 bits per heavy atom. The highest BCUT2D eigenvalue weighted by molar-refractivity contribution is 7.91. The van der Waals surface area contributed by atoms with Crippen LogP contribution in [-0.2, 0) is 14.8 Å². The number of aliphatic carboxylic acids is 1. The zero-order chi connectivity index (χ0) is 11.6. The molecule has 15 heavy (non-hydrogen) atoms. The first-order valence-electron chi connectivity index (χ1n) is 3.74. The Labute approximate surface area is 88.8 Å². The highest BCUT2D eigenvalue weighted by Gasteiger charge is 2.20. The summed E-state index contributed by atoms with van der Waals surface area (Å²) in [6.45, 7) is 0.709. The number of H-pyrrole nitrogens is 1. The number of aryl methyl sites for hydroxylation is 1. The van der Waals surface area contributed by atoms with Crippen molar-refractivity contribution in [3.05, 3.63) is 15.4 Å². The Hall–Kier alpha value is -1.19. The average molecular weight is 252 g/mol. The van der Waals surface area contributed by atoms with Gasteiger partial charge in [-0.2, -0.15) is 4.72 Å². The maximum Gasteiger partial charge on any atom is 0.318 e. The van der Waals surface area contributed by atoms with Crippen LogP contribution < -0.4 is 9.60 Å². The van der Waals surface area contributed by atoms with Crippen molar-refractivity contribution in [1.29, 1.82) is 0 Å². The molecule has 7 nitrogen and oxygen atoms in total. The number of carboxylic acid groups (broad SMARTS) is 1. The molecule has 0 atom stereocenters. The van der Waals surface area contributed by atoms with Crippen molar-refractivity contribution in [3.8, 4) is 0 Å². The van der Waals surface area contributed by atoms with Gasteiger partial charge in [0, 0.05) is 5.69 Å². The lowest BCUT2D eigenvalue weighted by atomic mass is 10.6. The van der Waals surface area contributed by atoms with E-state index < -0.39 is 27.4 Å². The van der Waals surface area contributed by atoms with Crippen molar-refractivity contribution in [2.24, 2.45) is 0 Å². The largest absolute Gasteiger partial charge is 0.480 e. The number of carboxylic acids is 1. The van der Waals surface area contributed by atoms with Crippen molar-refractivity contribution in [2.45, 2.75) is 11.1 Å². The van der Waals surface area contributed by atoms with E-state index >= 15 is 0 Å². The number of hydrogen-bond donors (Lipinski definition) is 3. The Bertz CT molecular complexity index is 526. The number of aromatic amines is 1. The smallest absolute Gasteiger partial charge is 0.318 e. The second-order valence-electron chi connectivity index (χ2n) is 2.65. The van der Waals surface area contributed by atoms with Gasteiger partial charge in [-0.1, -0.05) is 11.3 Å². The van der Waals surface area contributed by atoms with Crippen LogP contribution in [0.2, 0.25) is 0 Å². The summed E-state index contributed by atoms with van der Waals surface area (Å²) in [5.41, 5.74) is 0.197. The third kappa shape index (κ3) is 2.88. The molecule has 0 aromatic carbocycles. The monoisotopic (exact) mass is 252 g/mol. The minimum atomic E-state index is -3.91. The van der Waals surface area contributed by atoms with Crippen LogP contribution in [0.4, 0.5) is 0 Å². The predicted octanol–water partition coefficient (Wildman–Crippen LogP) is -0.892. The van der Waals surface area contributed by atoms with Crippen molar-refractivity contribution < 1.29 is 18.3 Å². The van der Waals surface area contributed by atoms with Crippen LogP contribution in [0.3, 0.4) is 0 Å². The first-order valence-corrected chi connectivity index (χ1v) is 6.04. The van der Waals surface area contributed by atoms with Gasteiger partial charge in [0.05, 0.1) is 0 Å². The molecule has 1 heterocycles. The van der Waals surface area contributed by atoms with Gasteiger partial charge in [-0.25, -0.2) is 8.42 Å². The van der Waals surface area contributed by atoms with Crippen LogP contribution in [0.1, 0.15) is 5.69 Å². The van der Waals surface area contributed by atoms with E-state index in [9.17, 15) is 18.0 Å². The molecule has 84 valence electrons. The Kier molecular flexibility index (Phi) is 3.27. The van der Waals surface area contributed by atoms with Crippen LogP contribution in [0, 0.1) is 6.92 Å². The molecular formula is C6H8N2O5S2. The third-order valence-corrected chi connectivity index (χ3v) is 4.44. The van der Waals surface area contributed by atoms with Gasteiger partial charge in [0.25, 0.3) is 10.0 Å². The fourth-order valence-electron chi connectivity index (χ4n) is 0.869. The third-order valence-electron chi connectivity index (χ3n) is 1.44. The van der Waals surface area contributed by atoms with Gasteiger partial charge in [0.2, 0.25) is 0 Å². The van der Waals surface area contributed by atoms with Gasteiger partial charge in [-0.3, -0.25) is 9.59 Å². The fourth-order valence-corrected chi connectivity index (χ4v) is 3.19. The quantitative estimate of drug-likeness (QED) is 0.642. The normalized spacial score (nSPS) is 11.5. The highest BCUT2D eigenvalue weighted by Crippen LogP contribution is 2.14. The van der Waals surface area contributed by atoms with Crippen LogP contribution >= 0.6 is 11.3 Å². The number of sulfonamides is 1. The number of aromatic nitrogens is 1. The van der Waals surface area contributed by atoms with Gasteiger partial charge >= 0.3 is 10.8 Å². The van der Waals surface area contributed by atoms with Crippen LogP contribution in [0.15, 0.2) is 9.00 Å². The van der Waals surface area contributed by atoms with E-state index in [-0.39, 0.29) is 9.90 Å². The standard InChI is InChI=1S/C6H8N2O5S2/c1-3-5(14-6(11)8-3)15(12,13)7-2-4(9)10/h7H,2H2,1H3,(H,8,11)(H,9,10). The number of hydrogen-bond acceptors (Lipinski definition) is 5. The topological polar surface area (TPSA) is 116 Å². The summed E-state index contributed by atoms with van der Waals surface area (Å²) >= 11 is 0.518. The molecule has 0 fully saturated rings. The summed E-state index contributed by atoms with van der Waals surface area (Å²) in [5, 5.41) is 8.31. The van der Waals surface area contributed by atoms with E-state index in [2.05, 4.69) is 4.98 Å². The van der Waals surface area contributed by atoms with Crippen molar-refractivity contribution in [1.82, 2.24) is 9.71 Å². The first kappa shape index (κ1) is 11.9. The van der Waals surface area contributed by atoms with Crippen LogP contribution in [-0.4, -0.2) is 31.0 Å². The summed E-state index contributed by atoms with van der Waals surface area (Å²) < 4.78 is 24.6. The molecule has 0 saturated heterocycles. The molecule has 0 amide bonds. The Morgan fingerprint density at radius 1 is 1.60 bits per heavy atom. The average Bonchev–Trinajstić information content (AvgIpc) is 2.43. The Balaban J connectivity index is 3.01. The zero-order valence-electron chi connectivity index (χ0n) is 7.60. The molecule has 0 bridgehead atoms. The van der Waals surface area contributed by atoms with Gasteiger partial charge in [-0.15, -0.1) is 0 Å². The van der Waals surface area contributed by atoms with Gasteiger partial charge in [0.15, 0.2) is 4.21 Å². The van der Waals surface area contributed by atoms with E-state index in [1.54, 1.807) is 0 Å². The van der Waals surface area contributed by atoms with Gasteiger partial charge < -0.3 is 10.1 Å². The van der Waals surface area contributed by atoms with E-state index in [4.69, 9.17) is 5.11 Å². The van der Waals surface area contributed by atoms with Crippen LogP contribution in [0.25, 0.3) is 0 Å². The molecule has 1 aromatic rings. The number of nitrogens with one attached hydrogen (secondary N) is 2. The van der Waals surface area contributed by atoms with E-state index in [1.165, 1.54) is 6.92 Å². The molecule has 3 N–H and O–H groups in total. The summed E-state index contributed by atoms with van der Waals surface area (Å²) in [6, 6.07) is 0. The first-order chi connectivity index (χ1) is 6.83. The number of thiazole rings is 1. The molecule has 0 aliphatic carbocycles. The molecular weight excluding hydrogens is 244 g/mol. The highest BCUT2D eigenvalue weighted by atomic mass is 32.2. The number of rotatable bonds is 4. The molecule has 0 unspecified atom stereocenters. The molecule has 1 rings (SSSR count). The maximum absolute atomic E-state index is 11.4. The number of carbonyl (C=O) groups is 1. The van der Waals surface area contributed by atoms with Gasteiger partial charge in [0.1, 0.15) is 6.54 Å². The second-order valence-corrected chi connectivity index (χ2v) is 5.59. The molecule has 0 aliphatic heterocycles. The summed E-state index contributed by atoms with van der Waals surface area (Å²) in [7, 11) is -3.91. The molecule has 1 aromatic heterocycles. The van der Waals surface area contributed by atoms with E-state index in [0.717, 1.165) is 0 Å². The zero-order valence-corrected chi connectivity index (χ0v) is 9.24. The van der Waals surface area contributed by atoms with Crippen molar-refractivity contribution in [3.63, 3.8) is 0 Å². The molecule has 0 radical (unpaired) electrons.